The summed E-state index contributed by atoms with van der Waals surface area (Å²) in [6, 6.07) is 11.3. The minimum absolute atomic E-state index is 0.0296. The van der Waals surface area contributed by atoms with Crippen LogP contribution in [-0.2, 0) is 16.1 Å². The fourth-order valence-corrected chi connectivity index (χ4v) is 2.66. The van der Waals surface area contributed by atoms with Crippen molar-refractivity contribution in [2.45, 2.75) is 20.4 Å². The van der Waals surface area contributed by atoms with E-state index in [1.165, 1.54) is 0 Å². The maximum absolute atomic E-state index is 12.2. The Morgan fingerprint density at radius 2 is 1.89 bits per heavy atom. The molecule has 0 aliphatic rings. The molecule has 2 heterocycles. The van der Waals surface area contributed by atoms with Gasteiger partial charge in [0.1, 0.15) is 23.7 Å². The Balaban J connectivity index is 2.04. The van der Waals surface area contributed by atoms with E-state index in [1.54, 1.807) is 24.2 Å². The Labute approximate surface area is 158 Å². The molecule has 3 aromatic rings. The van der Waals surface area contributed by atoms with Crippen molar-refractivity contribution in [1.82, 2.24) is 20.0 Å². The molecule has 7 heteroatoms. The monoisotopic (exact) mass is 366 g/mol. The average molecular weight is 366 g/mol. The van der Waals surface area contributed by atoms with Crippen molar-refractivity contribution in [3.63, 3.8) is 0 Å². The van der Waals surface area contributed by atoms with Crippen LogP contribution in [0.1, 0.15) is 13.8 Å². The van der Waals surface area contributed by atoms with E-state index < -0.39 is 0 Å². The summed E-state index contributed by atoms with van der Waals surface area (Å²) in [6.45, 7) is 4.32. The lowest BCUT2D eigenvalue weighted by Crippen LogP contribution is -2.18. The van der Waals surface area contributed by atoms with Gasteiger partial charge in [-0.2, -0.15) is 0 Å². The summed E-state index contributed by atoms with van der Waals surface area (Å²) in [4.78, 5) is 16.3. The van der Waals surface area contributed by atoms with Gasteiger partial charge in [-0.05, 0) is 30.2 Å². The van der Waals surface area contributed by atoms with Gasteiger partial charge < -0.3 is 9.47 Å². The molecule has 1 aromatic carbocycles. The van der Waals surface area contributed by atoms with Gasteiger partial charge in [0, 0.05) is 23.5 Å². The lowest BCUT2D eigenvalue weighted by Gasteiger charge is -2.12. The molecule has 0 spiro atoms. The Kier molecular flexibility index (Phi) is 5.80. The number of para-hydroxylation sites is 1. The normalized spacial score (nSPS) is 10.8. The number of ether oxygens (including phenoxy) is 2. The number of carbonyl (C=O) groups is 1. The molecule has 0 unspecified atom stereocenters. The second-order valence-corrected chi connectivity index (χ2v) is 6.46. The fourth-order valence-electron chi connectivity index (χ4n) is 2.66. The summed E-state index contributed by atoms with van der Waals surface area (Å²) in [5.41, 5.74) is 3.00. The fraction of sp³-hybridized carbons (Fsp3) is 0.300. The number of nitrogens with zero attached hydrogens (tertiary/aromatic N) is 4. The number of carbonyl (C=O) groups excluding carboxylic acids is 1. The van der Waals surface area contributed by atoms with Gasteiger partial charge in [0.05, 0.1) is 13.7 Å². The molecule has 0 amide bonds. The zero-order chi connectivity index (χ0) is 19.2. The van der Waals surface area contributed by atoms with E-state index in [1.807, 2.05) is 50.2 Å². The minimum Gasteiger partial charge on any atom is -0.496 e. The Bertz CT molecular complexity index is 907. The Morgan fingerprint density at radius 3 is 2.59 bits per heavy atom. The largest absolute Gasteiger partial charge is 0.496 e. The Morgan fingerprint density at radius 1 is 1.15 bits per heavy atom. The van der Waals surface area contributed by atoms with Crippen LogP contribution in [0, 0.1) is 5.92 Å². The van der Waals surface area contributed by atoms with Gasteiger partial charge >= 0.3 is 5.97 Å². The predicted octanol–water partition coefficient (Wildman–Crippen LogP) is 3.21. The van der Waals surface area contributed by atoms with Crippen molar-refractivity contribution in [2.75, 3.05) is 13.7 Å². The standard InChI is InChI=1S/C20H22N4O3/c1-14(2)13-27-18(25)12-24-20(16-6-4-5-7-17(16)26-3)19(22-23-24)15-8-10-21-11-9-15/h4-11,14H,12-13H2,1-3H3. The first-order valence-corrected chi connectivity index (χ1v) is 8.73. The first kappa shape index (κ1) is 18.6. The third kappa shape index (κ3) is 4.31. The highest BCUT2D eigenvalue weighted by atomic mass is 16.5. The molecule has 3 rings (SSSR count). The van der Waals surface area contributed by atoms with Crippen LogP contribution in [0.15, 0.2) is 48.8 Å². The topological polar surface area (TPSA) is 79.1 Å². The first-order chi connectivity index (χ1) is 13.1. The van der Waals surface area contributed by atoms with Crippen LogP contribution < -0.4 is 4.74 Å². The van der Waals surface area contributed by atoms with Crippen LogP contribution >= 0.6 is 0 Å². The van der Waals surface area contributed by atoms with Crippen LogP contribution in [0.25, 0.3) is 22.5 Å². The molecule has 0 N–H and O–H groups in total. The van der Waals surface area contributed by atoms with Crippen LogP contribution in [0.4, 0.5) is 0 Å². The third-order valence-electron chi connectivity index (χ3n) is 3.91. The highest BCUT2D eigenvalue weighted by molar-refractivity contribution is 5.82. The van der Waals surface area contributed by atoms with E-state index in [-0.39, 0.29) is 18.4 Å². The lowest BCUT2D eigenvalue weighted by atomic mass is 10.0. The van der Waals surface area contributed by atoms with E-state index in [0.29, 0.717) is 23.7 Å². The zero-order valence-corrected chi connectivity index (χ0v) is 15.6. The van der Waals surface area contributed by atoms with Gasteiger partial charge in [-0.25, -0.2) is 4.68 Å². The van der Waals surface area contributed by atoms with Crippen molar-refractivity contribution in [1.29, 1.82) is 0 Å². The number of hydrogen-bond donors (Lipinski definition) is 0. The number of rotatable bonds is 7. The SMILES string of the molecule is COc1ccccc1-c1c(-c2ccncc2)nnn1CC(=O)OCC(C)C. The smallest absolute Gasteiger partial charge is 0.327 e. The number of aromatic nitrogens is 4. The highest BCUT2D eigenvalue weighted by Gasteiger charge is 2.21. The maximum atomic E-state index is 12.2. The molecule has 0 saturated heterocycles. The molecule has 0 saturated carbocycles. The zero-order valence-electron chi connectivity index (χ0n) is 15.6. The van der Waals surface area contributed by atoms with Gasteiger partial charge in [0.15, 0.2) is 0 Å². The predicted molar refractivity (Wildman–Crippen MR) is 101 cm³/mol. The molecule has 0 fully saturated rings. The third-order valence-corrected chi connectivity index (χ3v) is 3.91. The van der Waals surface area contributed by atoms with Gasteiger partial charge in [-0.15, -0.1) is 5.10 Å². The molecule has 27 heavy (non-hydrogen) atoms. The van der Waals surface area contributed by atoms with Gasteiger partial charge in [-0.1, -0.05) is 31.2 Å². The van der Waals surface area contributed by atoms with Crippen molar-refractivity contribution < 1.29 is 14.3 Å². The number of hydrogen-bond acceptors (Lipinski definition) is 6. The molecule has 0 radical (unpaired) electrons. The summed E-state index contributed by atoms with van der Waals surface area (Å²) in [5, 5.41) is 8.51. The molecule has 2 aromatic heterocycles. The second-order valence-electron chi connectivity index (χ2n) is 6.46. The lowest BCUT2D eigenvalue weighted by molar-refractivity contribution is -0.145. The first-order valence-electron chi connectivity index (χ1n) is 8.73. The summed E-state index contributed by atoms with van der Waals surface area (Å²) >= 11 is 0. The van der Waals surface area contributed by atoms with E-state index in [2.05, 4.69) is 15.3 Å². The van der Waals surface area contributed by atoms with Crippen LogP contribution in [-0.4, -0.2) is 39.7 Å². The van der Waals surface area contributed by atoms with Gasteiger partial charge in [-0.3, -0.25) is 9.78 Å². The second kappa shape index (κ2) is 8.44. The molecule has 0 bridgehead atoms. The molecule has 7 nitrogen and oxygen atoms in total. The Hall–Kier alpha value is -3.22. The van der Waals surface area contributed by atoms with Crippen LogP contribution in [0.3, 0.4) is 0 Å². The molecular formula is C20H22N4O3. The number of benzene rings is 1. The molecule has 0 atom stereocenters. The summed E-state index contributed by atoms with van der Waals surface area (Å²) in [5.74, 6) is 0.587. The van der Waals surface area contributed by atoms with Crippen molar-refractivity contribution in [3.05, 3.63) is 48.8 Å². The minimum atomic E-state index is -0.356. The number of pyridine rings is 1. The number of methoxy groups -OCH3 is 1. The summed E-state index contributed by atoms with van der Waals surface area (Å²) < 4.78 is 12.4. The van der Waals surface area contributed by atoms with E-state index in [4.69, 9.17) is 9.47 Å². The average Bonchev–Trinajstić information content (AvgIpc) is 3.10. The number of esters is 1. The van der Waals surface area contributed by atoms with E-state index in [0.717, 1.165) is 11.1 Å². The molecular weight excluding hydrogens is 344 g/mol. The van der Waals surface area contributed by atoms with Gasteiger partial charge in [0.2, 0.25) is 0 Å². The maximum Gasteiger partial charge on any atom is 0.327 e. The molecule has 140 valence electrons. The molecule has 0 aliphatic carbocycles. The molecule has 0 aliphatic heterocycles. The summed E-state index contributed by atoms with van der Waals surface area (Å²) in [6.07, 6.45) is 3.38. The van der Waals surface area contributed by atoms with E-state index >= 15 is 0 Å². The quantitative estimate of drug-likeness (QED) is 0.598. The van der Waals surface area contributed by atoms with E-state index in [9.17, 15) is 4.79 Å². The summed E-state index contributed by atoms with van der Waals surface area (Å²) in [7, 11) is 1.61. The van der Waals surface area contributed by atoms with Gasteiger partial charge in [0.25, 0.3) is 0 Å². The highest BCUT2D eigenvalue weighted by Crippen LogP contribution is 2.35. The van der Waals surface area contributed by atoms with Crippen molar-refractivity contribution in [2.24, 2.45) is 5.92 Å². The van der Waals surface area contributed by atoms with Crippen LogP contribution in [0.5, 0.6) is 5.75 Å². The van der Waals surface area contributed by atoms with Crippen LogP contribution in [0.2, 0.25) is 0 Å². The van der Waals surface area contributed by atoms with Crippen molar-refractivity contribution >= 4 is 5.97 Å². The van der Waals surface area contributed by atoms with Crippen molar-refractivity contribution in [3.8, 4) is 28.3 Å².